The second kappa shape index (κ2) is 7.70. The lowest BCUT2D eigenvalue weighted by Gasteiger charge is -2.07. The Bertz CT molecular complexity index is 935. The number of pyridine rings is 1. The average Bonchev–Trinajstić information content (AvgIpc) is 2.89. The van der Waals surface area contributed by atoms with Crippen LogP contribution in [0.2, 0.25) is 0 Å². The Labute approximate surface area is 157 Å². The molecule has 0 bridgehead atoms. The van der Waals surface area contributed by atoms with Crippen molar-refractivity contribution in [2.45, 2.75) is 38.6 Å². The van der Waals surface area contributed by atoms with Crippen LogP contribution in [0.4, 0.5) is 4.39 Å². The molecule has 0 radical (unpaired) electrons. The molecule has 0 atom stereocenters. The summed E-state index contributed by atoms with van der Waals surface area (Å²) >= 11 is 0. The highest BCUT2D eigenvalue weighted by atomic mass is 19.1. The lowest BCUT2D eigenvalue weighted by molar-refractivity contribution is 0.0944. The van der Waals surface area contributed by atoms with Crippen LogP contribution in [0.1, 0.15) is 46.6 Å². The smallest absolute Gasteiger partial charge is 0.272 e. The zero-order chi connectivity index (χ0) is 18.6. The first-order chi connectivity index (χ1) is 13.2. The Balaban J connectivity index is 1.65. The van der Waals surface area contributed by atoms with Crippen LogP contribution in [0.3, 0.4) is 0 Å². The van der Waals surface area contributed by atoms with Gasteiger partial charge in [0.2, 0.25) is 0 Å². The number of fused-ring (bicyclic) bond motifs is 1. The molecule has 138 valence electrons. The molecule has 0 fully saturated rings. The summed E-state index contributed by atoms with van der Waals surface area (Å²) in [5, 5.41) is 7.56. The number of benzene rings is 1. The topological polar surface area (TPSA) is 59.8 Å². The number of carbonyl (C=O) groups is 1. The molecule has 27 heavy (non-hydrogen) atoms. The number of aromatic nitrogens is 3. The van der Waals surface area contributed by atoms with Crippen molar-refractivity contribution in [1.29, 1.82) is 0 Å². The molecule has 0 aliphatic heterocycles. The maximum absolute atomic E-state index is 13.3. The van der Waals surface area contributed by atoms with E-state index in [0.29, 0.717) is 12.2 Å². The van der Waals surface area contributed by atoms with Gasteiger partial charge in [-0.25, -0.2) is 9.07 Å². The molecule has 1 N–H and O–H groups in total. The van der Waals surface area contributed by atoms with Gasteiger partial charge in [-0.1, -0.05) is 12.5 Å². The molecule has 0 saturated carbocycles. The predicted molar refractivity (Wildman–Crippen MR) is 100 cm³/mol. The van der Waals surface area contributed by atoms with Gasteiger partial charge in [0.15, 0.2) is 5.69 Å². The van der Waals surface area contributed by atoms with Gasteiger partial charge in [-0.05, 0) is 61.6 Å². The molecule has 5 nitrogen and oxygen atoms in total. The van der Waals surface area contributed by atoms with Gasteiger partial charge < -0.3 is 5.32 Å². The van der Waals surface area contributed by atoms with Crippen molar-refractivity contribution in [1.82, 2.24) is 20.1 Å². The second-order valence-electron chi connectivity index (χ2n) is 6.77. The van der Waals surface area contributed by atoms with E-state index in [1.165, 1.54) is 12.1 Å². The third-order valence-corrected chi connectivity index (χ3v) is 4.89. The van der Waals surface area contributed by atoms with E-state index in [1.54, 1.807) is 29.2 Å². The highest BCUT2D eigenvalue weighted by molar-refractivity contribution is 5.94. The number of hydrogen-bond acceptors (Lipinski definition) is 3. The van der Waals surface area contributed by atoms with Gasteiger partial charge in [0.25, 0.3) is 5.91 Å². The minimum absolute atomic E-state index is 0.183. The lowest BCUT2D eigenvalue weighted by atomic mass is 10.1. The Morgan fingerprint density at radius 3 is 2.70 bits per heavy atom. The molecule has 2 heterocycles. The van der Waals surface area contributed by atoms with Crippen LogP contribution in [0, 0.1) is 5.82 Å². The van der Waals surface area contributed by atoms with Crippen LogP contribution < -0.4 is 5.32 Å². The molecule has 0 unspecified atom stereocenters. The van der Waals surface area contributed by atoms with E-state index < -0.39 is 0 Å². The predicted octanol–water partition coefficient (Wildman–Crippen LogP) is 3.61. The molecule has 6 heteroatoms. The summed E-state index contributed by atoms with van der Waals surface area (Å²) in [5.41, 5.74) is 4.27. The van der Waals surface area contributed by atoms with E-state index in [2.05, 4.69) is 15.4 Å². The molecule has 1 aliphatic carbocycles. The molecular formula is C21H21FN4O. The Morgan fingerprint density at radius 1 is 1.11 bits per heavy atom. The fourth-order valence-electron chi connectivity index (χ4n) is 3.52. The number of nitrogens with one attached hydrogen (secondary N) is 1. The van der Waals surface area contributed by atoms with E-state index >= 15 is 0 Å². The van der Waals surface area contributed by atoms with Gasteiger partial charge in [0.1, 0.15) is 5.82 Å². The van der Waals surface area contributed by atoms with Crippen molar-refractivity contribution in [2.75, 3.05) is 0 Å². The first kappa shape index (κ1) is 17.4. The summed E-state index contributed by atoms with van der Waals surface area (Å²) in [6, 6.07) is 10.0. The molecule has 0 spiro atoms. The summed E-state index contributed by atoms with van der Waals surface area (Å²) in [4.78, 5) is 16.9. The van der Waals surface area contributed by atoms with Crippen molar-refractivity contribution >= 4 is 5.91 Å². The lowest BCUT2D eigenvalue weighted by Crippen LogP contribution is -2.24. The minimum Gasteiger partial charge on any atom is -0.346 e. The molecular weight excluding hydrogens is 343 g/mol. The van der Waals surface area contributed by atoms with Crippen LogP contribution in [0.25, 0.3) is 5.69 Å². The standard InChI is InChI=1S/C21H21FN4O/c22-16-8-10-17(11-9-16)26-19-7-3-1-2-6-18(19)20(25-26)21(27)24-14-15-5-4-12-23-13-15/h4-5,8-13H,1-3,6-7,14H2,(H,24,27). The van der Waals surface area contributed by atoms with E-state index in [-0.39, 0.29) is 11.7 Å². The van der Waals surface area contributed by atoms with Crippen LogP contribution >= 0.6 is 0 Å². The number of rotatable bonds is 4. The van der Waals surface area contributed by atoms with Crippen molar-refractivity contribution in [3.8, 4) is 5.69 Å². The van der Waals surface area contributed by atoms with Gasteiger partial charge in [-0.15, -0.1) is 0 Å². The van der Waals surface area contributed by atoms with Crippen molar-refractivity contribution in [3.63, 3.8) is 0 Å². The van der Waals surface area contributed by atoms with Crippen molar-refractivity contribution in [3.05, 3.63) is 77.1 Å². The number of amides is 1. The number of carbonyl (C=O) groups excluding carboxylic acids is 1. The summed E-state index contributed by atoms with van der Waals surface area (Å²) in [5.74, 6) is -0.468. The molecule has 1 aromatic carbocycles. The first-order valence-electron chi connectivity index (χ1n) is 9.26. The van der Waals surface area contributed by atoms with Gasteiger partial charge >= 0.3 is 0 Å². The highest BCUT2D eigenvalue weighted by Crippen LogP contribution is 2.26. The summed E-state index contributed by atoms with van der Waals surface area (Å²) in [6.45, 7) is 0.408. The molecule has 0 saturated heterocycles. The van der Waals surface area contributed by atoms with Crippen molar-refractivity contribution in [2.24, 2.45) is 0 Å². The zero-order valence-corrected chi connectivity index (χ0v) is 15.0. The number of halogens is 1. The molecule has 1 amide bonds. The van der Waals surface area contributed by atoms with Gasteiger partial charge in [-0.3, -0.25) is 9.78 Å². The Hall–Kier alpha value is -3.02. The maximum atomic E-state index is 13.3. The molecule has 1 aliphatic rings. The minimum atomic E-state index is -0.286. The van der Waals surface area contributed by atoms with Crippen molar-refractivity contribution < 1.29 is 9.18 Å². The SMILES string of the molecule is O=C(NCc1cccnc1)c1nn(-c2ccc(F)cc2)c2c1CCCCC2. The van der Waals surface area contributed by atoms with E-state index in [0.717, 1.165) is 54.6 Å². The average molecular weight is 364 g/mol. The fraction of sp³-hybridized carbons (Fsp3) is 0.286. The van der Waals surface area contributed by atoms with Gasteiger partial charge in [0, 0.05) is 30.2 Å². The largest absolute Gasteiger partial charge is 0.346 e. The number of nitrogens with zero attached hydrogens (tertiary/aromatic N) is 3. The summed E-state index contributed by atoms with van der Waals surface area (Å²) in [6.07, 6.45) is 8.39. The Morgan fingerprint density at radius 2 is 1.93 bits per heavy atom. The fourth-order valence-corrected chi connectivity index (χ4v) is 3.52. The Kier molecular flexibility index (Phi) is 4.96. The molecule has 2 aromatic heterocycles. The van der Waals surface area contributed by atoms with Crippen LogP contribution in [0.5, 0.6) is 0 Å². The first-order valence-corrected chi connectivity index (χ1v) is 9.26. The normalized spacial score (nSPS) is 13.7. The maximum Gasteiger partial charge on any atom is 0.272 e. The quantitative estimate of drug-likeness (QED) is 0.720. The third kappa shape index (κ3) is 3.74. The number of hydrogen-bond donors (Lipinski definition) is 1. The van der Waals surface area contributed by atoms with Gasteiger partial charge in [-0.2, -0.15) is 5.10 Å². The highest BCUT2D eigenvalue weighted by Gasteiger charge is 2.24. The van der Waals surface area contributed by atoms with Gasteiger partial charge in [0.05, 0.1) is 5.69 Å². The van der Waals surface area contributed by atoms with Crippen LogP contribution in [0.15, 0.2) is 48.8 Å². The van der Waals surface area contributed by atoms with E-state index in [4.69, 9.17) is 0 Å². The van der Waals surface area contributed by atoms with Crippen LogP contribution in [-0.4, -0.2) is 20.7 Å². The second-order valence-corrected chi connectivity index (χ2v) is 6.77. The van der Waals surface area contributed by atoms with E-state index in [1.807, 2.05) is 12.1 Å². The molecule has 3 aromatic rings. The summed E-state index contributed by atoms with van der Waals surface area (Å²) < 4.78 is 15.1. The third-order valence-electron chi connectivity index (χ3n) is 4.89. The zero-order valence-electron chi connectivity index (χ0n) is 15.0. The molecule has 4 rings (SSSR count). The van der Waals surface area contributed by atoms with Crippen LogP contribution in [-0.2, 0) is 19.4 Å². The van der Waals surface area contributed by atoms with E-state index in [9.17, 15) is 9.18 Å². The monoisotopic (exact) mass is 364 g/mol. The summed E-state index contributed by atoms with van der Waals surface area (Å²) in [7, 11) is 0.